The maximum Gasteiger partial charge on any atom is 0.137 e. The topological polar surface area (TPSA) is 30.0 Å². The fourth-order valence-corrected chi connectivity index (χ4v) is 2.54. The van der Waals surface area contributed by atoms with Gasteiger partial charge >= 0.3 is 0 Å². The smallest absolute Gasteiger partial charge is 0.137 e. The van der Waals surface area contributed by atoms with Crippen molar-refractivity contribution in [3.8, 4) is 0 Å². The molecule has 1 aromatic carbocycles. The van der Waals surface area contributed by atoms with E-state index < -0.39 is 0 Å². The first kappa shape index (κ1) is 14.2. The molecular formula is C15H13BrClNO. The van der Waals surface area contributed by atoms with Gasteiger partial charge < -0.3 is 0 Å². The summed E-state index contributed by atoms with van der Waals surface area (Å²) in [7, 11) is 0. The molecule has 0 atom stereocenters. The Balaban J connectivity index is 1.91. The lowest BCUT2D eigenvalue weighted by atomic mass is 10.0. The van der Waals surface area contributed by atoms with Gasteiger partial charge in [-0.2, -0.15) is 0 Å². The predicted octanol–water partition coefficient (Wildman–Crippen LogP) is 4.24. The number of pyridine rings is 1. The molecule has 0 saturated carbocycles. The van der Waals surface area contributed by atoms with Gasteiger partial charge in [-0.25, -0.2) is 0 Å². The molecule has 0 fully saturated rings. The first-order valence-electron chi connectivity index (χ1n) is 5.99. The van der Waals surface area contributed by atoms with Crippen LogP contribution in [0.5, 0.6) is 0 Å². The van der Waals surface area contributed by atoms with Crippen molar-refractivity contribution >= 4 is 33.3 Å². The van der Waals surface area contributed by atoms with E-state index in [-0.39, 0.29) is 5.78 Å². The first-order chi connectivity index (χ1) is 9.15. The molecule has 0 aliphatic carbocycles. The highest BCUT2D eigenvalue weighted by atomic mass is 79.9. The number of carbonyl (C=O) groups excluding carboxylic acids is 1. The van der Waals surface area contributed by atoms with E-state index in [0.29, 0.717) is 17.9 Å². The van der Waals surface area contributed by atoms with Gasteiger partial charge in [-0.15, -0.1) is 0 Å². The number of hydrogen-bond donors (Lipinski definition) is 0. The number of carbonyl (C=O) groups is 1. The van der Waals surface area contributed by atoms with E-state index in [1.54, 1.807) is 12.4 Å². The number of Topliss-reactive ketones (excluding diaryl/α,β-unsaturated/α-hetero) is 1. The Morgan fingerprint density at radius 2 is 2.16 bits per heavy atom. The van der Waals surface area contributed by atoms with Gasteiger partial charge in [0.05, 0.1) is 0 Å². The lowest BCUT2D eigenvalue weighted by Crippen LogP contribution is -2.05. The molecule has 98 valence electrons. The fourth-order valence-electron chi connectivity index (χ4n) is 1.80. The normalized spacial score (nSPS) is 10.4. The molecule has 0 radical (unpaired) electrons. The van der Waals surface area contributed by atoms with Crippen LogP contribution in [-0.4, -0.2) is 10.8 Å². The molecule has 1 heterocycles. The van der Waals surface area contributed by atoms with Crippen molar-refractivity contribution in [2.45, 2.75) is 19.3 Å². The zero-order valence-corrected chi connectivity index (χ0v) is 12.6. The van der Waals surface area contributed by atoms with E-state index in [4.69, 9.17) is 11.6 Å². The largest absolute Gasteiger partial charge is 0.299 e. The van der Waals surface area contributed by atoms with Crippen LogP contribution in [0.15, 0.2) is 47.2 Å². The summed E-state index contributed by atoms with van der Waals surface area (Å²) in [5.74, 6) is 0.188. The van der Waals surface area contributed by atoms with Crippen molar-refractivity contribution in [3.63, 3.8) is 0 Å². The third-order valence-electron chi connectivity index (χ3n) is 2.82. The Morgan fingerprint density at radius 1 is 1.32 bits per heavy atom. The van der Waals surface area contributed by atoms with Gasteiger partial charge in [0.1, 0.15) is 5.78 Å². The molecule has 0 aliphatic heterocycles. The minimum Gasteiger partial charge on any atom is -0.299 e. The molecule has 2 rings (SSSR count). The van der Waals surface area contributed by atoms with Gasteiger partial charge in [-0.3, -0.25) is 9.78 Å². The second kappa shape index (κ2) is 6.83. The molecule has 0 spiro atoms. The molecule has 0 bridgehead atoms. The number of aromatic nitrogens is 1. The number of halogens is 2. The second-order valence-electron chi connectivity index (χ2n) is 4.31. The van der Waals surface area contributed by atoms with Crippen LogP contribution in [0.1, 0.15) is 17.5 Å². The third kappa shape index (κ3) is 4.44. The fraction of sp³-hybridized carbons (Fsp3) is 0.200. The monoisotopic (exact) mass is 337 g/mol. The van der Waals surface area contributed by atoms with Crippen LogP contribution in [-0.2, 0) is 17.6 Å². The molecule has 0 unspecified atom stereocenters. The van der Waals surface area contributed by atoms with Crippen LogP contribution in [0, 0.1) is 0 Å². The highest BCUT2D eigenvalue weighted by molar-refractivity contribution is 9.10. The van der Waals surface area contributed by atoms with Crippen molar-refractivity contribution in [2.24, 2.45) is 0 Å². The van der Waals surface area contributed by atoms with Crippen molar-refractivity contribution in [1.82, 2.24) is 4.98 Å². The molecule has 2 nitrogen and oxygen atoms in total. The van der Waals surface area contributed by atoms with Crippen molar-refractivity contribution in [3.05, 3.63) is 63.3 Å². The van der Waals surface area contributed by atoms with Gasteiger partial charge in [0, 0.05) is 34.7 Å². The molecule has 0 N–H and O–H groups in total. The van der Waals surface area contributed by atoms with Crippen LogP contribution < -0.4 is 0 Å². The van der Waals surface area contributed by atoms with Crippen LogP contribution >= 0.6 is 27.5 Å². The summed E-state index contributed by atoms with van der Waals surface area (Å²) in [6.07, 6.45) is 5.14. The zero-order chi connectivity index (χ0) is 13.7. The molecule has 1 aromatic heterocycles. The number of benzene rings is 1. The second-order valence-corrected chi connectivity index (χ2v) is 5.64. The lowest BCUT2D eigenvalue weighted by molar-refractivity contribution is -0.118. The minimum absolute atomic E-state index is 0.188. The maximum atomic E-state index is 11.9. The van der Waals surface area contributed by atoms with Crippen molar-refractivity contribution in [1.29, 1.82) is 0 Å². The van der Waals surface area contributed by atoms with E-state index in [1.165, 1.54) is 0 Å². The average molecular weight is 339 g/mol. The summed E-state index contributed by atoms with van der Waals surface area (Å²) in [6.45, 7) is 0. The van der Waals surface area contributed by atoms with E-state index in [1.807, 2.05) is 30.3 Å². The van der Waals surface area contributed by atoms with E-state index in [2.05, 4.69) is 20.9 Å². The Labute approximate surface area is 126 Å². The Bertz CT molecular complexity index is 572. The maximum absolute atomic E-state index is 11.9. The van der Waals surface area contributed by atoms with Crippen LogP contribution in [0.25, 0.3) is 0 Å². The van der Waals surface area contributed by atoms with Gasteiger partial charge in [0.25, 0.3) is 0 Å². The van der Waals surface area contributed by atoms with Crippen molar-refractivity contribution < 1.29 is 4.79 Å². The summed E-state index contributed by atoms with van der Waals surface area (Å²) < 4.78 is 0.920. The highest BCUT2D eigenvalue weighted by Crippen LogP contribution is 2.22. The first-order valence-corrected chi connectivity index (χ1v) is 7.17. The summed E-state index contributed by atoms with van der Waals surface area (Å²) >= 11 is 9.45. The van der Waals surface area contributed by atoms with E-state index >= 15 is 0 Å². The van der Waals surface area contributed by atoms with Crippen LogP contribution in [0.4, 0.5) is 0 Å². The van der Waals surface area contributed by atoms with E-state index in [0.717, 1.165) is 22.0 Å². The quantitative estimate of drug-likeness (QED) is 0.816. The van der Waals surface area contributed by atoms with Gasteiger partial charge in [-0.1, -0.05) is 39.7 Å². The Hall–Kier alpha value is -1.19. The van der Waals surface area contributed by atoms with Gasteiger partial charge in [0.2, 0.25) is 0 Å². The standard InChI is InChI=1S/C15H13BrClNO/c16-13-5-4-12(15(17)9-13)8-14(19)6-3-11-2-1-7-18-10-11/h1-2,4-5,7,9-10H,3,6,8H2. The molecule has 0 amide bonds. The minimum atomic E-state index is 0.188. The summed E-state index contributed by atoms with van der Waals surface area (Å²) in [5.41, 5.74) is 1.96. The molecule has 0 aliphatic rings. The van der Waals surface area contributed by atoms with E-state index in [9.17, 15) is 4.79 Å². The lowest BCUT2D eigenvalue weighted by Gasteiger charge is -2.04. The van der Waals surface area contributed by atoms with Crippen LogP contribution in [0.3, 0.4) is 0 Å². The highest BCUT2D eigenvalue weighted by Gasteiger charge is 2.08. The number of rotatable bonds is 5. The number of nitrogens with zero attached hydrogens (tertiary/aromatic N) is 1. The molecule has 0 saturated heterocycles. The summed E-state index contributed by atoms with van der Waals surface area (Å²) in [5, 5.41) is 0.629. The third-order valence-corrected chi connectivity index (χ3v) is 3.66. The summed E-state index contributed by atoms with van der Waals surface area (Å²) in [4.78, 5) is 16.0. The average Bonchev–Trinajstić information content (AvgIpc) is 2.41. The van der Waals surface area contributed by atoms with Crippen LogP contribution in [0.2, 0.25) is 5.02 Å². The zero-order valence-electron chi connectivity index (χ0n) is 10.3. The molecular weight excluding hydrogens is 326 g/mol. The number of ketones is 1. The molecule has 4 heteroatoms. The Kier molecular flexibility index (Phi) is 5.11. The molecule has 2 aromatic rings. The summed E-state index contributed by atoms with van der Waals surface area (Å²) in [6, 6.07) is 9.45. The predicted molar refractivity (Wildman–Crippen MR) is 80.4 cm³/mol. The number of aryl methyl sites for hydroxylation is 1. The van der Waals surface area contributed by atoms with Crippen molar-refractivity contribution in [2.75, 3.05) is 0 Å². The number of hydrogen-bond acceptors (Lipinski definition) is 2. The van der Waals surface area contributed by atoms with Gasteiger partial charge in [-0.05, 0) is 35.7 Å². The SMILES string of the molecule is O=C(CCc1cccnc1)Cc1ccc(Br)cc1Cl. The van der Waals surface area contributed by atoms with Gasteiger partial charge in [0.15, 0.2) is 0 Å². The molecule has 19 heavy (non-hydrogen) atoms. The Morgan fingerprint density at radius 3 is 2.84 bits per heavy atom.